The third-order valence-corrected chi connectivity index (χ3v) is 9.68. The van der Waals surface area contributed by atoms with Gasteiger partial charge < -0.3 is 14.2 Å². The van der Waals surface area contributed by atoms with Crippen LogP contribution in [0.4, 0.5) is 0 Å². The summed E-state index contributed by atoms with van der Waals surface area (Å²) in [4.78, 5) is 37.9. The first-order chi connectivity index (χ1) is 29.5. The molecule has 0 aliphatic rings. The van der Waals surface area contributed by atoms with Gasteiger partial charge in [0.15, 0.2) is 6.10 Å². The van der Waals surface area contributed by atoms with Gasteiger partial charge in [0.2, 0.25) is 0 Å². The van der Waals surface area contributed by atoms with Gasteiger partial charge in [-0.05, 0) is 83.5 Å². The van der Waals surface area contributed by atoms with Crippen molar-refractivity contribution in [3.63, 3.8) is 0 Å². The number of hydrogen-bond donors (Lipinski definition) is 0. The van der Waals surface area contributed by atoms with Gasteiger partial charge >= 0.3 is 17.9 Å². The zero-order valence-electron chi connectivity index (χ0n) is 38.4. The van der Waals surface area contributed by atoms with Crippen LogP contribution < -0.4 is 0 Å². The molecule has 1 atom stereocenters. The topological polar surface area (TPSA) is 78.9 Å². The number of unbranched alkanes of at least 4 members (excludes halogenated alkanes) is 18. The van der Waals surface area contributed by atoms with Crippen LogP contribution in [0.1, 0.15) is 194 Å². The molecule has 0 aromatic carbocycles. The molecule has 0 heterocycles. The van der Waals surface area contributed by atoms with E-state index in [1.165, 1.54) is 44.9 Å². The minimum atomic E-state index is -0.813. The molecule has 60 heavy (non-hydrogen) atoms. The minimum absolute atomic E-state index is 0.112. The summed E-state index contributed by atoms with van der Waals surface area (Å²) in [5.74, 6) is -0.998. The molecule has 0 saturated carbocycles. The molecule has 6 nitrogen and oxygen atoms in total. The SMILES string of the molecule is CC/C=C/C=C/C=C/C=C/CCCCCCCC(=O)OCC(COC(=O)CCCCC/C=C/C=C/C=C/C=C/CC)OC(=O)CCCCC/C=C/CCCCCCCCC. The first-order valence-corrected chi connectivity index (χ1v) is 24.0. The Morgan fingerprint density at radius 1 is 0.350 bits per heavy atom. The molecule has 1 unspecified atom stereocenters. The summed E-state index contributed by atoms with van der Waals surface area (Å²) in [6.45, 7) is 6.26. The molecule has 0 amide bonds. The van der Waals surface area contributed by atoms with Crippen LogP contribution >= 0.6 is 0 Å². The van der Waals surface area contributed by atoms with E-state index in [4.69, 9.17) is 14.2 Å². The molecule has 0 bridgehead atoms. The average molecular weight is 831 g/mol. The first kappa shape index (κ1) is 56.1. The van der Waals surface area contributed by atoms with E-state index in [0.717, 1.165) is 109 Å². The highest BCUT2D eigenvalue weighted by atomic mass is 16.6. The molecular weight excluding hydrogens is 745 g/mol. The second-order valence-corrected chi connectivity index (χ2v) is 15.4. The van der Waals surface area contributed by atoms with Gasteiger partial charge in [0.25, 0.3) is 0 Å². The molecule has 0 aliphatic heterocycles. The summed E-state index contributed by atoms with van der Waals surface area (Å²) >= 11 is 0. The van der Waals surface area contributed by atoms with Gasteiger partial charge in [-0.15, -0.1) is 0 Å². The lowest BCUT2D eigenvalue weighted by Crippen LogP contribution is -2.30. The quantitative estimate of drug-likeness (QED) is 0.0201. The van der Waals surface area contributed by atoms with Crippen molar-refractivity contribution < 1.29 is 28.6 Å². The highest BCUT2D eigenvalue weighted by molar-refractivity contribution is 5.71. The molecule has 0 aromatic rings. The molecule has 0 spiro atoms. The van der Waals surface area contributed by atoms with Crippen LogP contribution in [-0.4, -0.2) is 37.2 Å². The Balaban J connectivity index is 4.53. The maximum atomic E-state index is 12.8. The van der Waals surface area contributed by atoms with Crippen molar-refractivity contribution in [1.82, 2.24) is 0 Å². The van der Waals surface area contributed by atoms with Gasteiger partial charge in [-0.1, -0.05) is 201 Å². The number of hydrogen-bond acceptors (Lipinski definition) is 6. The Morgan fingerprint density at radius 3 is 1.08 bits per heavy atom. The van der Waals surface area contributed by atoms with E-state index in [-0.39, 0.29) is 37.5 Å². The zero-order valence-corrected chi connectivity index (χ0v) is 38.4. The smallest absolute Gasteiger partial charge is 0.306 e. The number of carbonyl (C=O) groups excluding carboxylic acids is 3. The van der Waals surface area contributed by atoms with Crippen LogP contribution in [0.15, 0.2) is 109 Å². The summed E-state index contributed by atoms with van der Waals surface area (Å²) in [5, 5.41) is 0. The Morgan fingerprint density at radius 2 is 0.667 bits per heavy atom. The predicted molar refractivity (Wildman–Crippen MR) is 256 cm³/mol. The Labute approximate surface area is 368 Å². The van der Waals surface area contributed by atoms with E-state index in [9.17, 15) is 14.4 Å². The molecule has 0 fully saturated rings. The van der Waals surface area contributed by atoms with Crippen molar-refractivity contribution in [1.29, 1.82) is 0 Å². The predicted octanol–water partition coefficient (Wildman–Crippen LogP) is 15.6. The normalized spacial score (nSPS) is 13.1. The molecule has 0 saturated heterocycles. The molecule has 0 aromatic heterocycles. The van der Waals surface area contributed by atoms with E-state index < -0.39 is 6.10 Å². The van der Waals surface area contributed by atoms with E-state index in [1.807, 2.05) is 60.8 Å². The molecule has 0 N–H and O–H groups in total. The van der Waals surface area contributed by atoms with Crippen molar-refractivity contribution >= 4 is 17.9 Å². The maximum Gasteiger partial charge on any atom is 0.306 e. The van der Waals surface area contributed by atoms with Crippen molar-refractivity contribution in [2.24, 2.45) is 0 Å². The van der Waals surface area contributed by atoms with E-state index in [2.05, 4.69) is 69.4 Å². The summed E-state index contributed by atoms with van der Waals surface area (Å²) < 4.78 is 16.7. The number of rotatable bonds is 41. The third kappa shape index (κ3) is 45.2. The van der Waals surface area contributed by atoms with Crippen LogP contribution in [-0.2, 0) is 28.6 Å². The molecule has 6 heteroatoms. The van der Waals surface area contributed by atoms with Crippen LogP contribution in [0.2, 0.25) is 0 Å². The van der Waals surface area contributed by atoms with Crippen LogP contribution in [0.5, 0.6) is 0 Å². The fourth-order valence-electron chi connectivity index (χ4n) is 6.10. The highest BCUT2D eigenvalue weighted by Gasteiger charge is 2.19. The van der Waals surface area contributed by atoms with Gasteiger partial charge in [0, 0.05) is 19.3 Å². The average Bonchev–Trinajstić information content (AvgIpc) is 3.24. The number of carbonyl (C=O) groups is 3. The molecule has 0 radical (unpaired) electrons. The second kappa shape index (κ2) is 47.7. The summed E-state index contributed by atoms with van der Waals surface area (Å²) in [5.41, 5.74) is 0. The van der Waals surface area contributed by atoms with Crippen molar-refractivity contribution in [3.05, 3.63) is 109 Å². The number of allylic oxidation sites excluding steroid dienone is 18. The Bertz CT molecular complexity index is 1280. The maximum absolute atomic E-state index is 12.8. The largest absolute Gasteiger partial charge is 0.462 e. The van der Waals surface area contributed by atoms with Crippen LogP contribution in [0, 0.1) is 0 Å². The third-order valence-electron chi connectivity index (χ3n) is 9.68. The zero-order chi connectivity index (χ0) is 43.7. The van der Waals surface area contributed by atoms with E-state index >= 15 is 0 Å². The van der Waals surface area contributed by atoms with Gasteiger partial charge in [0.1, 0.15) is 13.2 Å². The monoisotopic (exact) mass is 831 g/mol. The molecule has 338 valence electrons. The van der Waals surface area contributed by atoms with Gasteiger partial charge in [-0.2, -0.15) is 0 Å². The summed E-state index contributed by atoms with van der Waals surface area (Å²) in [7, 11) is 0. The minimum Gasteiger partial charge on any atom is -0.462 e. The highest BCUT2D eigenvalue weighted by Crippen LogP contribution is 2.12. The fraction of sp³-hybridized carbons (Fsp3) is 0.611. The van der Waals surface area contributed by atoms with E-state index in [1.54, 1.807) is 0 Å². The lowest BCUT2D eigenvalue weighted by Gasteiger charge is -2.18. The second-order valence-electron chi connectivity index (χ2n) is 15.4. The Kier molecular flexibility index (Phi) is 44.6. The van der Waals surface area contributed by atoms with Crippen molar-refractivity contribution in [3.8, 4) is 0 Å². The van der Waals surface area contributed by atoms with Crippen molar-refractivity contribution in [2.45, 2.75) is 200 Å². The Hall–Kier alpha value is -3.93. The summed E-state index contributed by atoms with van der Waals surface area (Å²) in [6.07, 6.45) is 63.5. The van der Waals surface area contributed by atoms with E-state index in [0.29, 0.717) is 12.8 Å². The van der Waals surface area contributed by atoms with Crippen molar-refractivity contribution in [2.75, 3.05) is 13.2 Å². The number of ether oxygens (including phenoxy) is 3. The lowest BCUT2D eigenvalue weighted by molar-refractivity contribution is -0.167. The van der Waals surface area contributed by atoms with Gasteiger partial charge in [-0.3, -0.25) is 14.4 Å². The fourth-order valence-corrected chi connectivity index (χ4v) is 6.10. The molecule has 0 aliphatic carbocycles. The number of esters is 3. The molecule has 0 rings (SSSR count). The standard InChI is InChI=1S/C54H86O6/c1-4-7-10-13-16-19-22-25-27-30-32-35-38-41-44-47-53(56)59-50-51(49-58-52(55)46-43-40-37-34-31-28-24-21-18-15-12-9-6-3)60-54(57)48-45-42-39-36-33-29-26-23-20-17-14-11-8-5-2/h7,9-10,12-13,15-16,18-19,21-22,24-25,27-29,31,33,51H,4-6,8,11,14,17,20,23,26,30,32,34-50H2,1-3H3/b10-7+,12-9+,16-13+,18-15+,22-19+,24-21+,27-25+,31-28+,33-29+. The van der Waals surface area contributed by atoms with Crippen LogP contribution in [0.25, 0.3) is 0 Å². The lowest BCUT2D eigenvalue weighted by atomic mass is 10.1. The summed E-state index contributed by atoms with van der Waals surface area (Å²) in [6, 6.07) is 0. The molecular formula is C54H86O6. The van der Waals surface area contributed by atoms with Gasteiger partial charge in [-0.25, -0.2) is 0 Å². The van der Waals surface area contributed by atoms with Crippen LogP contribution in [0.3, 0.4) is 0 Å². The van der Waals surface area contributed by atoms with Gasteiger partial charge in [0.05, 0.1) is 0 Å². The first-order valence-electron chi connectivity index (χ1n) is 24.0.